The molecule has 0 radical (unpaired) electrons. The summed E-state index contributed by atoms with van der Waals surface area (Å²) in [6.07, 6.45) is 1.62. The molecule has 1 aromatic carbocycles. The van der Waals surface area contributed by atoms with Gasteiger partial charge in [0.15, 0.2) is 0 Å². The molecule has 0 unspecified atom stereocenters. The maximum absolute atomic E-state index is 9.53. The SMILES string of the molecule is CC(C)c1ccc2c(c1)B(O)ON=C2. The van der Waals surface area contributed by atoms with E-state index in [0.29, 0.717) is 5.92 Å². The van der Waals surface area contributed by atoms with E-state index in [2.05, 4.69) is 19.0 Å². The monoisotopic (exact) mass is 189 g/mol. The molecule has 0 atom stereocenters. The van der Waals surface area contributed by atoms with Crippen molar-refractivity contribution in [1.29, 1.82) is 0 Å². The predicted octanol–water partition coefficient (Wildman–Crippen LogP) is 0.862. The van der Waals surface area contributed by atoms with Crippen molar-refractivity contribution in [1.82, 2.24) is 0 Å². The summed E-state index contributed by atoms with van der Waals surface area (Å²) in [7, 11) is -0.923. The molecule has 3 nitrogen and oxygen atoms in total. The first kappa shape index (κ1) is 9.28. The second kappa shape index (κ2) is 3.46. The summed E-state index contributed by atoms with van der Waals surface area (Å²) in [5, 5.41) is 13.1. The molecule has 1 N–H and O–H groups in total. The molecule has 14 heavy (non-hydrogen) atoms. The number of benzene rings is 1. The number of rotatable bonds is 1. The van der Waals surface area contributed by atoms with Crippen LogP contribution in [0, 0.1) is 0 Å². The average Bonchev–Trinajstić information content (AvgIpc) is 2.18. The highest BCUT2D eigenvalue weighted by Gasteiger charge is 2.25. The van der Waals surface area contributed by atoms with Crippen molar-refractivity contribution < 1.29 is 9.78 Å². The van der Waals surface area contributed by atoms with E-state index < -0.39 is 7.12 Å². The van der Waals surface area contributed by atoms with Crippen LogP contribution >= 0.6 is 0 Å². The van der Waals surface area contributed by atoms with Gasteiger partial charge in [-0.15, -0.1) is 5.16 Å². The summed E-state index contributed by atoms with van der Waals surface area (Å²) in [6, 6.07) is 5.98. The highest BCUT2D eigenvalue weighted by atomic mass is 16.6. The Labute approximate surface area is 83.5 Å². The topological polar surface area (TPSA) is 41.8 Å². The van der Waals surface area contributed by atoms with Gasteiger partial charge in [0.25, 0.3) is 0 Å². The van der Waals surface area contributed by atoms with Crippen LogP contribution < -0.4 is 5.46 Å². The smallest absolute Gasteiger partial charge is 0.427 e. The van der Waals surface area contributed by atoms with Gasteiger partial charge in [-0.3, -0.25) is 0 Å². The third-order valence-electron chi connectivity index (χ3n) is 2.40. The molecule has 1 heterocycles. The summed E-state index contributed by atoms with van der Waals surface area (Å²) in [4.78, 5) is 0. The fourth-order valence-corrected chi connectivity index (χ4v) is 1.49. The molecule has 4 heteroatoms. The molecule has 1 aliphatic rings. The first-order valence-electron chi connectivity index (χ1n) is 4.69. The average molecular weight is 189 g/mol. The van der Waals surface area contributed by atoms with Crippen molar-refractivity contribution in [2.24, 2.45) is 5.16 Å². The van der Waals surface area contributed by atoms with Gasteiger partial charge in [0, 0.05) is 5.46 Å². The van der Waals surface area contributed by atoms with Crippen LogP contribution in [0.25, 0.3) is 0 Å². The van der Waals surface area contributed by atoms with Crippen LogP contribution in [0.15, 0.2) is 23.4 Å². The number of oxime groups is 1. The third kappa shape index (κ3) is 1.53. The molecule has 0 aromatic heterocycles. The van der Waals surface area contributed by atoms with Gasteiger partial charge in [0.2, 0.25) is 0 Å². The second-order valence-corrected chi connectivity index (χ2v) is 3.74. The van der Waals surface area contributed by atoms with Crippen molar-refractivity contribution in [2.75, 3.05) is 0 Å². The Morgan fingerprint density at radius 2 is 2.21 bits per heavy atom. The number of hydrogen-bond donors (Lipinski definition) is 1. The van der Waals surface area contributed by atoms with Gasteiger partial charge in [-0.05, 0) is 17.0 Å². The van der Waals surface area contributed by atoms with Gasteiger partial charge < -0.3 is 9.78 Å². The van der Waals surface area contributed by atoms with E-state index in [1.165, 1.54) is 5.56 Å². The van der Waals surface area contributed by atoms with Crippen molar-refractivity contribution in [3.8, 4) is 0 Å². The molecule has 0 bridgehead atoms. The lowest BCUT2D eigenvalue weighted by Gasteiger charge is -2.15. The minimum atomic E-state index is -0.923. The van der Waals surface area contributed by atoms with Crippen LogP contribution in [0.1, 0.15) is 30.9 Å². The maximum atomic E-state index is 9.53. The van der Waals surface area contributed by atoms with Crippen LogP contribution in [-0.2, 0) is 4.76 Å². The lowest BCUT2D eigenvalue weighted by molar-refractivity contribution is 0.286. The number of fused-ring (bicyclic) bond motifs is 1. The molecule has 0 saturated carbocycles. The highest BCUT2D eigenvalue weighted by molar-refractivity contribution is 6.62. The van der Waals surface area contributed by atoms with Crippen molar-refractivity contribution in [3.05, 3.63) is 29.3 Å². The van der Waals surface area contributed by atoms with Gasteiger partial charge in [-0.2, -0.15) is 0 Å². The van der Waals surface area contributed by atoms with Gasteiger partial charge in [-0.25, -0.2) is 0 Å². The summed E-state index contributed by atoms with van der Waals surface area (Å²) in [6.45, 7) is 4.23. The van der Waals surface area contributed by atoms with Crippen LogP contribution in [-0.4, -0.2) is 18.4 Å². The van der Waals surface area contributed by atoms with E-state index in [4.69, 9.17) is 4.76 Å². The Kier molecular flexibility index (Phi) is 2.29. The Hall–Kier alpha value is -1.29. The van der Waals surface area contributed by atoms with Crippen LogP contribution in [0.4, 0.5) is 0 Å². The van der Waals surface area contributed by atoms with Gasteiger partial charge in [0.05, 0.1) is 6.21 Å². The molecule has 2 rings (SSSR count). The van der Waals surface area contributed by atoms with Crippen molar-refractivity contribution in [3.63, 3.8) is 0 Å². The molecule has 0 amide bonds. The maximum Gasteiger partial charge on any atom is 0.583 e. The molecular weight excluding hydrogens is 177 g/mol. The standard InChI is InChI=1S/C10H12BNO2/c1-7(2)8-3-4-9-6-12-14-11(13)10(9)5-8/h3-7,13H,1-2H3. The Bertz CT molecular complexity index is 376. The fraction of sp³-hybridized carbons (Fsp3) is 0.300. The van der Waals surface area contributed by atoms with Gasteiger partial charge in [-0.1, -0.05) is 32.0 Å². The van der Waals surface area contributed by atoms with Crippen LogP contribution in [0.2, 0.25) is 0 Å². The Morgan fingerprint density at radius 3 is 2.93 bits per heavy atom. The minimum absolute atomic E-state index is 0.450. The largest absolute Gasteiger partial charge is 0.583 e. The number of nitrogens with zero attached hydrogens (tertiary/aromatic N) is 1. The molecule has 72 valence electrons. The molecule has 1 aromatic rings. The van der Waals surface area contributed by atoms with Crippen LogP contribution in [0.3, 0.4) is 0 Å². The van der Waals surface area contributed by atoms with E-state index in [9.17, 15) is 5.02 Å². The summed E-state index contributed by atoms with van der Waals surface area (Å²) < 4.78 is 4.76. The van der Waals surface area contributed by atoms with E-state index in [0.717, 1.165) is 11.0 Å². The zero-order valence-electron chi connectivity index (χ0n) is 8.27. The Balaban J connectivity index is 2.47. The lowest BCUT2D eigenvalue weighted by Crippen LogP contribution is -2.37. The lowest BCUT2D eigenvalue weighted by atomic mass is 9.75. The molecule has 0 aliphatic carbocycles. The zero-order chi connectivity index (χ0) is 10.1. The van der Waals surface area contributed by atoms with Gasteiger partial charge >= 0.3 is 7.12 Å². The second-order valence-electron chi connectivity index (χ2n) is 3.74. The van der Waals surface area contributed by atoms with E-state index in [1.807, 2.05) is 18.2 Å². The zero-order valence-corrected chi connectivity index (χ0v) is 8.27. The first-order valence-corrected chi connectivity index (χ1v) is 4.69. The summed E-state index contributed by atoms with van der Waals surface area (Å²) >= 11 is 0. The molecule has 0 saturated heterocycles. The van der Waals surface area contributed by atoms with Gasteiger partial charge in [0.1, 0.15) is 0 Å². The Morgan fingerprint density at radius 1 is 1.43 bits per heavy atom. The van der Waals surface area contributed by atoms with Crippen molar-refractivity contribution >= 4 is 18.8 Å². The van der Waals surface area contributed by atoms with Crippen molar-refractivity contribution in [2.45, 2.75) is 19.8 Å². The summed E-state index contributed by atoms with van der Waals surface area (Å²) in [5.74, 6) is 0.450. The van der Waals surface area contributed by atoms with E-state index in [-0.39, 0.29) is 0 Å². The normalized spacial score (nSPS) is 14.1. The fourth-order valence-electron chi connectivity index (χ4n) is 1.49. The minimum Gasteiger partial charge on any atom is -0.427 e. The molecule has 0 spiro atoms. The molecule has 0 fully saturated rings. The third-order valence-corrected chi connectivity index (χ3v) is 2.40. The summed E-state index contributed by atoms with van der Waals surface area (Å²) in [5.41, 5.74) is 2.92. The van der Waals surface area contributed by atoms with Crippen LogP contribution in [0.5, 0.6) is 0 Å². The van der Waals surface area contributed by atoms with E-state index in [1.54, 1.807) is 6.21 Å². The predicted molar refractivity (Wildman–Crippen MR) is 56.8 cm³/mol. The molecule has 1 aliphatic heterocycles. The quantitative estimate of drug-likeness (QED) is 0.665. The molecular formula is C10H12BNO2. The van der Waals surface area contributed by atoms with E-state index >= 15 is 0 Å². The first-order chi connectivity index (χ1) is 6.68. The highest BCUT2D eigenvalue weighted by Crippen LogP contribution is 2.14. The number of hydrogen-bond acceptors (Lipinski definition) is 3.